The molecule has 4 heterocycles. The van der Waals surface area contributed by atoms with Gasteiger partial charge in [-0.15, -0.1) is 0 Å². The number of pyridine rings is 2. The summed E-state index contributed by atoms with van der Waals surface area (Å²) in [5.74, 6) is -1.55. The first-order chi connectivity index (χ1) is 22.4. The van der Waals surface area contributed by atoms with Crippen LogP contribution in [0, 0.1) is 0 Å². The number of amides is 2. The zero-order valence-corrected chi connectivity index (χ0v) is 27.6. The number of hydrogen-bond acceptors (Lipinski definition) is 11. The molecule has 2 amide bonds. The van der Waals surface area contributed by atoms with E-state index < -0.39 is 46.8 Å². The monoisotopic (exact) mass is 662 g/mol. The molecule has 48 heavy (non-hydrogen) atoms. The van der Waals surface area contributed by atoms with Crippen LogP contribution in [0.4, 0.5) is 4.79 Å². The Hall–Kier alpha value is -5.24. The molecule has 3 N–H and O–H groups in total. The van der Waals surface area contributed by atoms with E-state index in [1.807, 2.05) is 0 Å². The molecular formula is C34H38N4O10. The maximum absolute atomic E-state index is 13.5. The summed E-state index contributed by atoms with van der Waals surface area (Å²) in [6.45, 7) is 13.5. The molecule has 0 bridgehead atoms. The van der Waals surface area contributed by atoms with Gasteiger partial charge in [-0.25, -0.2) is 19.4 Å². The highest BCUT2D eigenvalue weighted by Gasteiger charge is 2.35. The lowest BCUT2D eigenvalue weighted by atomic mass is 9.98. The summed E-state index contributed by atoms with van der Waals surface area (Å²) in [5, 5.41) is 16.3. The molecule has 254 valence electrons. The van der Waals surface area contributed by atoms with E-state index in [2.05, 4.69) is 17.2 Å². The number of fused-ring (bicyclic) bond motifs is 5. The van der Waals surface area contributed by atoms with Gasteiger partial charge in [0.25, 0.3) is 5.56 Å². The third-order valence-corrected chi connectivity index (χ3v) is 7.40. The average Bonchev–Trinajstić information content (AvgIpc) is 3.36. The Bertz CT molecular complexity index is 1920. The number of carbonyl (C=O) groups excluding carboxylic acids is 4. The summed E-state index contributed by atoms with van der Waals surface area (Å²) in [7, 11) is 0. The van der Waals surface area contributed by atoms with Crippen LogP contribution in [0.25, 0.3) is 22.3 Å². The Morgan fingerprint density at radius 1 is 1.04 bits per heavy atom. The molecule has 0 fully saturated rings. The van der Waals surface area contributed by atoms with Crippen LogP contribution in [-0.2, 0) is 48.3 Å². The van der Waals surface area contributed by atoms with Crippen molar-refractivity contribution in [2.45, 2.75) is 78.5 Å². The van der Waals surface area contributed by atoms with Crippen molar-refractivity contribution in [3.8, 4) is 17.1 Å². The molecule has 5 rings (SSSR count). The number of carbonyl (C=O) groups is 4. The molecule has 2 aromatic heterocycles. The van der Waals surface area contributed by atoms with Crippen LogP contribution >= 0.6 is 0 Å². The Morgan fingerprint density at radius 3 is 2.44 bits per heavy atom. The zero-order valence-electron chi connectivity index (χ0n) is 27.6. The van der Waals surface area contributed by atoms with E-state index in [0.717, 1.165) is 0 Å². The number of esters is 2. The highest BCUT2D eigenvalue weighted by Crippen LogP contribution is 2.38. The number of ether oxygens (including phenoxy) is 4. The van der Waals surface area contributed by atoms with Gasteiger partial charge in [-0.05, 0) is 71.4 Å². The minimum Gasteiger partial charge on any atom is -0.489 e. The lowest BCUT2D eigenvalue weighted by Gasteiger charge is -2.21. The molecule has 2 aliphatic rings. The number of benzene rings is 1. The number of hydrogen-bond donors (Lipinski definition) is 3. The smallest absolute Gasteiger partial charge is 0.408 e. The molecule has 14 nitrogen and oxygen atoms in total. The van der Waals surface area contributed by atoms with Gasteiger partial charge >= 0.3 is 18.0 Å². The molecule has 1 unspecified atom stereocenters. The molecule has 0 radical (unpaired) electrons. The van der Waals surface area contributed by atoms with Crippen LogP contribution < -0.4 is 20.9 Å². The van der Waals surface area contributed by atoms with Crippen molar-refractivity contribution in [3.63, 3.8) is 0 Å². The SMILES string of the molecule is C=C(COc1ccc2nc3c(c(CNC(=O)CNC(=O)OC(C)(C)C)c2c1)Cn1c-3cc2c(c1=O)COC(=O)C2O)C(=O)OC(C)(C)C. The highest BCUT2D eigenvalue weighted by atomic mass is 16.6. The highest BCUT2D eigenvalue weighted by molar-refractivity contribution is 5.91. The van der Waals surface area contributed by atoms with Gasteiger partial charge in [-0.1, -0.05) is 6.58 Å². The van der Waals surface area contributed by atoms with Crippen molar-refractivity contribution >= 4 is 34.8 Å². The van der Waals surface area contributed by atoms with Crippen molar-refractivity contribution in [3.05, 3.63) is 69.0 Å². The maximum Gasteiger partial charge on any atom is 0.408 e. The average molecular weight is 663 g/mol. The van der Waals surface area contributed by atoms with Gasteiger partial charge in [0.1, 0.15) is 36.7 Å². The molecule has 2 aliphatic heterocycles. The predicted octanol–water partition coefficient (Wildman–Crippen LogP) is 2.93. The fourth-order valence-corrected chi connectivity index (χ4v) is 5.28. The van der Waals surface area contributed by atoms with E-state index >= 15 is 0 Å². The summed E-state index contributed by atoms with van der Waals surface area (Å²) < 4.78 is 22.9. The van der Waals surface area contributed by atoms with Crippen LogP contribution in [0.2, 0.25) is 0 Å². The number of alkyl carbamates (subject to hydrolysis) is 1. The third kappa shape index (κ3) is 7.33. The first-order valence-electron chi connectivity index (χ1n) is 15.3. The quantitative estimate of drug-likeness (QED) is 0.143. The van der Waals surface area contributed by atoms with Crippen molar-refractivity contribution < 1.29 is 43.2 Å². The van der Waals surface area contributed by atoms with E-state index in [1.54, 1.807) is 65.8 Å². The minimum absolute atomic E-state index is 0.0169. The molecule has 0 spiro atoms. The van der Waals surface area contributed by atoms with Gasteiger partial charge in [0.15, 0.2) is 6.10 Å². The number of nitrogens with zero attached hydrogens (tertiary/aromatic N) is 2. The standard InChI is InChI=1S/C34H38N4O10/c1-17(30(42)47-33(2,3)4)15-45-18-8-9-24-19(10-18)21(12-35-26(39)13-36-32(44)48-34(5,6)7)22-14-38-25(27(22)37-24)11-20-23(29(38)41)16-46-31(43)28(20)40/h8-11,28,40H,1,12-16H2,2-7H3,(H,35,39)(H,36,44). The molecule has 1 aromatic carbocycles. The number of cyclic esters (lactones) is 1. The summed E-state index contributed by atoms with van der Waals surface area (Å²) in [5.41, 5.74) is 1.17. The molecule has 14 heteroatoms. The van der Waals surface area contributed by atoms with Crippen LogP contribution in [0.15, 0.2) is 41.2 Å². The summed E-state index contributed by atoms with van der Waals surface area (Å²) in [4.78, 5) is 67.7. The van der Waals surface area contributed by atoms with Crippen molar-refractivity contribution in [1.82, 2.24) is 20.2 Å². The molecule has 0 saturated carbocycles. The number of nitrogens with one attached hydrogen (secondary N) is 2. The van der Waals surface area contributed by atoms with E-state index in [1.165, 1.54) is 4.57 Å². The maximum atomic E-state index is 13.5. The lowest BCUT2D eigenvalue weighted by molar-refractivity contribution is -0.157. The van der Waals surface area contributed by atoms with E-state index in [9.17, 15) is 29.1 Å². The van der Waals surface area contributed by atoms with Crippen LogP contribution in [0.1, 0.15) is 69.9 Å². The Balaban J connectivity index is 1.48. The number of aliphatic hydroxyl groups is 1. The van der Waals surface area contributed by atoms with Gasteiger partial charge in [-0.2, -0.15) is 0 Å². The number of aromatic nitrogens is 2. The summed E-state index contributed by atoms with van der Waals surface area (Å²) >= 11 is 0. The second-order valence-corrected chi connectivity index (χ2v) is 13.5. The second-order valence-electron chi connectivity index (χ2n) is 13.5. The summed E-state index contributed by atoms with van der Waals surface area (Å²) in [6.07, 6.45) is -2.35. The van der Waals surface area contributed by atoms with E-state index in [-0.39, 0.29) is 49.5 Å². The fraction of sp³-hybridized carbons (Fsp3) is 0.412. The topological polar surface area (TPSA) is 184 Å². The van der Waals surface area contributed by atoms with Crippen LogP contribution in [-0.4, -0.2) is 63.0 Å². The second kappa shape index (κ2) is 12.8. The summed E-state index contributed by atoms with van der Waals surface area (Å²) in [6, 6.07) is 6.63. The lowest BCUT2D eigenvalue weighted by Crippen LogP contribution is -2.39. The van der Waals surface area contributed by atoms with Crippen LogP contribution in [0.5, 0.6) is 5.75 Å². The van der Waals surface area contributed by atoms with Crippen molar-refractivity contribution in [2.24, 2.45) is 0 Å². The van der Waals surface area contributed by atoms with Gasteiger partial charge in [0.2, 0.25) is 5.91 Å². The zero-order chi connectivity index (χ0) is 35.1. The van der Waals surface area contributed by atoms with Gasteiger partial charge in [0.05, 0.1) is 34.6 Å². The first kappa shape index (κ1) is 34.1. The predicted molar refractivity (Wildman–Crippen MR) is 172 cm³/mol. The van der Waals surface area contributed by atoms with Gasteiger partial charge < -0.3 is 39.3 Å². The molecule has 0 aliphatic carbocycles. The fourth-order valence-electron chi connectivity index (χ4n) is 5.28. The van der Waals surface area contributed by atoms with Crippen LogP contribution in [0.3, 0.4) is 0 Å². The molecule has 3 aromatic rings. The number of aliphatic hydroxyl groups excluding tert-OH is 1. The Morgan fingerprint density at radius 2 is 1.75 bits per heavy atom. The normalized spacial score (nSPS) is 15.1. The minimum atomic E-state index is -1.61. The molecular weight excluding hydrogens is 624 g/mol. The van der Waals surface area contributed by atoms with Gasteiger partial charge in [-0.3, -0.25) is 9.59 Å². The van der Waals surface area contributed by atoms with Crippen molar-refractivity contribution in [1.29, 1.82) is 0 Å². The van der Waals surface area contributed by atoms with Crippen molar-refractivity contribution in [2.75, 3.05) is 13.2 Å². The molecule has 1 atom stereocenters. The molecule has 0 saturated heterocycles. The Labute approximate surface area is 276 Å². The largest absolute Gasteiger partial charge is 0.489 e. The van der Waals surface area contributed by atoms with E-state index in [4.69, 9.17) is 23.9 Å². The van der Waals surface area contributed by atoms with E-state index in [0.29, 0.717) is 39.2 Å². The number of rotatable bonds is 8. The third-order valence-electron chi connectivity index (χ3n) is 7.40. The van der Waals surface area contributed by atoms with Gasteiger partial charge in [0, 0.05) is 23.1 Å². The first-order valence-corrected chi connectivity index (χ1v) is 15.3. The Kier molecular flexibility index (Phi) is 9.06.